The molecule has 0 amide bonds. The fourth-order valence-corrected chi connectivity index (χ4v) is 2.90. The molecule has 2 aromatic rings. The molecule has 0 aliphatic heterocycles. The van der Waals surface area contributed by atoms with Crippen LogP contribution >= 0.6 is 50.7 Å². The van der Waals surface area contributed by atoms with E-state index in [1.165, 1.54) is 0 Å². The second-order valence-electron chi connectivity index (χ2n) is 4.00. The van der Waals surface area contributed by atoms with Crippen molar-refractivity contribution >= 4 is 62.6 Å². The molecule has 0 atom stereocenters. The first-order valence-corrected chi connectivity index (χ1v) is 7.71. The van der Waals surface area contributed by atoms with Crippen LogP contribution in [0.1, 0.15) is 5.56 Å². The quantitative estimate of drug-likeness (QED) is 0.507. The van der Waals surface area contributed by atoms with Crippen LogP contribution in [0.2, 0.25) is 15.1 Å². The smallest absolute Gasteiger partial charge is 0.127 e. The van der Waals surface area contributed by atoms with Crippen molar-refractivity contribution in [1.82, 2.24) is 0 Å². The number of rotatable bonds is 4. The Morgan fingerprint density at radius 1 is 1.14 bits per heavy atom. The molecule has 2 rings (SSSR count). The molecule has 0 radical (unpaired) electrons. The van der Waals surface area contributed by atoms with Crippen molar-refractivity contribution < 1.29 is 4.74 Å². The van der Waals surface area contributed by atoms with Crippen molar-refractivity contribution in [2.24, 2.45) is 5.10 Å². The average Bonchev–Trinajstić information content (AvgIpc) is 2.42. The maximum Gasteiger partial charge on any atom is 0.127 e. The second-order valence-corrected chi connectivity index (χ2v) is 6.17. The van der Waals surface area contributed by atoms with Gasteiger partial charge in [-0.3, -0.25) is 5.43 Å². The van der Waals surface area contributed by atoms with Gasteiger partial charge in [0.2, 0.25) is 0 Å². The van der Waals surface area contributed by atoms with Crippen molar-refractivity contribution in [2.45, 2.75) is 0 Å². The highest BCUT2D eigenvalue weighted by atomic mass is 79.9. The van der Waals surface area contributed by atoms with Crippen LogP contribution in [0.25, 0.3) is 0 Å². The molecule has 3 nitrogen and oxygen atoms in total. The number of nitrogens with zero attached hydrogens (tertiary/aromatic N) is 1. The van der Waals surface area contributed by atoms with Crippen LogP contribution in [0.4, 0.5) is 5.69 Å². The Morgan fingerprint density at radius 3 is 2.43 bits per heavy atom. The lowest BCUT2D eigenvalue weighted by atomic mass is 10.2. The van der Waals surface area contributed by atoms with E-state index in [2.05, 4.69) is 26.5 Å². The third-order valence-electron chi connectivity index (χ3n) is 2.58. The molecule has 0 saturated heterocycles. The summed E-state index contributed by atoms with van der Waals surface area (Å²) in [5, 5.41) is 5.38. The number of anilines is 1. The molecule has 0 fully saturated rings. The Hall–Kier alpha value is -0.940. The SMILES string of the molecule is COc1ccc(Br)cc1/C=N/Nc1c(Cl)cc(Cl)cc1Cl. The first-order chi connectivity index (χ1) is 10.0. The molecule has 110 valence electrons. The van der Waals surface area contributed by atoms with E-state index < -0.39 is 0 Å². The highest BCUT2D eigenvalue weighted by Gasteiger charge is 2.07. The van der Waals surface area contributed by atoms with E-state index in [1.54, 1.807) is 25.5 Å². The van der Waals surface area contributed by atoms with Gasteiger partial charge in [-0.2, -0.15) is 5.10 Å². The van der Waals surface area contributed by atoms with Gasteiger partial charge in [-0.15, -0.1) is 0 Å². The van der Waals surface area contributed by atoms with Crippen LogP contribution in [0.5, 0.6) is 5.75 Å². The highest BCUT2D eigenvalue weighted by molar-refractivity contribution is 9.10. The number of nitrogens with one attached hydrogen (secondary N) is 1. The van der Waals surface area contributed by atoms with E-state index >= 15 is 0 Å². The summed E-state index contributed by atoms with van der Waals surface area (Å²) in [5.74, 6) is 0.706. The Morgan fingerprint density at radius 2 is 1.81 bits per heavy atom. The lowest BCUT2D eigenvalue weighted by Gasteiger charge is -2.07. The van der Waals surface area contributed by atoms with Crippen LogP contribution in [-0.2, 0) is 0 Å². The number of hydrogen-bond donors (Lipinski definition) is 1. The number of ether oxygens (including phenoxy) is 1. The number of hydrogen-bond acceptors (Lipinski definition) is 3. The molecule has 1 N–H and O–H groups in total. The molecule has 0 heterocycles. The highest BCUT2D eigenvalue weighted by Crippen LogP contribution is 2.33. The van der Waals surface area contributed by atoms with Gasteiger partial charge in [0, 0.05) is 15.1 Å². The van der Waals surface area contributed by atoms with Gasteiger partial charge in [0.1, 0.15) is 5.75 Å². The minimum absolute atomic E-state index is 0.394. The molecule has 0 aliphatic rings. The molecule has 0 saturated carbocycles. The van der Waals surface area contributed by atoms with Crippen LogP contribution in [0, 0.1) is 0 Å². The van der Waals surface area contributed by atoms with Crippen LogP contribution in [0.3, 0.4) is 0 Å². The van der Waals surface area contributed by atoms with Gasteiger partial charge < -0.3 is 4.74 Å². The van der Waals surface area contributed by atoms with Gasteiger partial charge in [-0.1, -0.05) is 50.7 Å². The first-order valence-electron chi connectivity index (χ1n) is 5.78. The van der Waals surface area contributed by atoms with Gasteiger partial charge in [0.25, 0.3) is 0 Å². The second kappa shape index (κ2) is 7.36. The number of hydrazone groups is 1. The standard InChI is InChI=1S/C14H10BrCl3N2O/c1-21-13-3-2-9(15)4-8(13)7-19-20-14-11(17)5-10(16)6-12(14)18/h2-7,20H,1H3/b19-7+. The van der Waals surface area contributed by atoms with Crippen molar-refractivity contribution in [1.29, 1.82) is 0 Å². The Balaban J connectivity index is 2.22. The predicted molar refractivity (Wildman–Crippen MR) is 93.4 cm³/mol. The molecule has 2 aromatic carbocycles. The summed E-state index contributed by atoms with van der Waals surface area (Å²) < 4.78 is 6.18. The molecule has 7 heteroatoms. The van der Waals surface area contributed by atoms with Gasteiger partial charge in [-0.05, 0) is 30.3 Å². The normalized spacial score (nSPS) is 10.9. The molecule has 0 bridgehead atoms. The monoisotopic (exact) mass is 406 g/mol. The van der Waals surface area contributed by atoms with E-state index in [0.717, 1.165) is 10.0 Å². The van der Waals surface area contributed by atoms with Crippen LogP contribution in [0.15, 0.2) is 39.9 Å². The molecular weight excluding hydrogens is 398 g/mol. The summed E-state index contributed by atoms with van der Waals surface area (Å²) in [7, 11) is 1.60. The Bertz CT molecular complexity index is 669. The number of halogens is 4. The molecular formula is C14H10BrCl3N2O. The third kappa shape index (κ3) is 4.27. The topological polar surface area (TPSA) is 33.6 Å². The number of methoxy groups -OCH3 is 1. The van der Waals surface area contributed by atoms with Crippen LogP contribution < -0.4 is 10.2 Å². The Labute approximate surface area is 146 Å². The van der Waals surface area contributed by atoms with Gasteiger partial charge in [-0.25, -0.2) is 0 Å². The molecule has 0 unspecified atom stereocenters. The van der Waals surface area contributed by atoms with Crippen molar-refractivity contribution in [2.75, 3.05) is 12.5 Å². The fraction of sp³-hybridized carbons (Fsp3) is 0.0714. The average molecular weight is 409 g/mol. The van der Waals surface area contributed by atoms with Gasteiger partial charge >= 0.3 is 0 Å². The molecule has 0 aromatic heterocycles. The van der Waals surface area contributed by atoms with Gasteiger partial charge in [0.15, 0.2) is 0 Å². The van der Waals surface area contributed by atoms with E-state index in [0.29, 0.717) is 26.5 Å². The van der Waals surface area contributed by atoms with Gasteiger partial charge in [0.05, 0.1) is 29.1 Å². The minimum atomic E-state index is 0.394. The zero-order chi connectivity index (χ0) is 15.4. The summed E-state index contributed by atoms with van der Waals surface area (Å²) in [5.41, 5.74) is 4.10. The first kappa shape index (κ1) is 16.4. The number of benzene rings is 2. The molecule has 0 spiro atoms. The zero-order valence-corrected chi connectivity index (χ0v) is 14.7. The largest absolute Gasteiger partial charge is 0.496 e. The van der Waals surface area contributed by atoms with E-state index in [-0.39, 0.29) is 0 Å². The molecule has 21 heavy (non-hydrogen) atoms. The lowest BCUT2D eigenvalue weighted by molar-refractivity contribution is 0.414. The van der Waals surface area contributed by atoms with E-state index in [1.807, 2.05) is 18.2 Å². The van der Waals surface area contributed by atoms with Crippen molar-refractivity contribution in [3.05, 3.63) is 55.4 Å². The van der Waals surface area contributed by atoms with Crippen molar-refractivity contribution in [3.63, 3.8) is 0 Å². The summed E-state index contributed by atoms with van der Waals surface area (Å²) in [6.07, 6.45) is 1.62. The maximum atomic E-state index is 6.06. The summed E-state index contributed by atoms with van der Waals surface area (Å²) >= 11 is 21.4. The van der Waals surface area contributed by atoms with Crippen molar-refractivity contribution in [3.8, 4) is 5.75 Å². The lowest BCUT2D eigenvalue weighted by Crippen LogP contribution is -1.95. The zero-order valence-electron chi connectivity index (χ0n) is 10.8. The van der Waals surface area contributed by atoms with Crippen LogP contribution in [-0.4, -0.2) is 13.3 Å². The predicted octanol–water partition coefficient (Wildman–Crippen LogP) is 5.86. The summed E-state index contributed by atoms with van der Waals surface area (Å²) in [6, 6.07) is 8.79. The fourth-order valence-electron chi connectivity index (χ4n) is 1.62. The minimum Gasteiger partial charge on any atom is -0.496 e. The maximum absolute atomic E-state index is 6.06. The summed E-state index contributed by atoms with van der Waals surface area (Å²) in [4.78, 5) is 0. The third-order valence-corrected chi connectivity index (χ3v) is 3.89. The summed E-state index contributed by atoms with van der Waals surface area (Å²) in [6.45, 7) is 0. The Kier molecular flexibility index (Phi) is 5.76. The van der Waals surface area contributed by atoms with E-state index in [4.69, 9.17) is 39.5 Å². The van der Waals surface area contributed by atoms with E-state index in [9.17, 15) is 0 Å². The molecule has 0 aliphatic carbocycles.